The number of hydrogen-bond acceptors (Lipinski definition) is 4. The number of nitrogen functional groups attached to an aromatic ring is 1. The first kappa shape index (κ1) is 10.3. The Hall–Kier alpha value is -1.82. The predicted molar refractivity (Wildman–Crippen MR) is 62.9 cm³/mol. The second-order valence-electron chi connectivity index (χ2n) is 3.98. The van der Waals surface area contributed by atoms with Gasteiger partial charge in [0.2, 0.25) is 5.95 Å². The largest absolute Gasteiger partial charge is 0.378 e. The molecule has 0 spiro atoms. The molecule has 90 valence electrons. The van der Waals surface area contributed by atoms with Crippen LogP contribution in [0.2, 0.25) is 0 Å². The molecule has 0 radical (unpaired) electrons. The Morgan fingerprint density at radius 3 is 2.82 bits per heavy atom. The van der Waals surface area contributed by atoms with Crippen LogP contribution in [0.25, 0.3) is 11.0 Å². The van der Waals surface area contributed by atoms with E-state index in [2.05, 4.69) is 9.99 Å². The number of fused-ring (bicyclic) bond motifs is 1. The molecule has 1 aliphatic rings. The summed E-state index contributed by atoms with van der Waals surface area (Å²) in [5.74, 6) is 0.0802. The minimum atomic E-state index is -0.302. The fraction of sp³-hybridized carbons (Fsp3) is 0.364. The van der Waals surface area contributed by atoms with Crippen LogP contribution in [0.15, 0.2) is 18.2 Å². The molecule has 0 unspecified atom stereocenters. The van der Waals surface area contributed by atoms with Gasteiger partial charge in [-0.1, -0.05) is 0 Å². The monoisotopic (exact) mass is 236 g/mol. The summed E-state index contributed by atoms with van der Waals surface area (Å²) in [4.78, 5) is 4.17. The lowest BCUT2D eigenvalue weighted by atomic mass is 10.3. The van der Waals surface area contributed by atoms with E-state index in [1.54, 1.807) is 6.07 Å². The van der Waals surface area contributed by atoms with Gasteiger partial charge in [0.05, 0.1) is 37.3 Å². The number of aromatic nitrogens is 2. The van der Waals surface area contributed by atoms with Crippen LogP contribution in [0.1, 0.15) is 0 Å². The fourth-order valence-electron chi connectivity index (χ4n) is 2.11. The standard InChI is InChI=1S/C11H13FN4O/c12-8-1-2-10-9(7-8)14-11(13)16(10)15-3-5-17-6-4-15/h1-2,7H,3-6H2,(H2,13,14). The molecule has 5 nitrogen and oxygen atoms in total. The summed E-state index contributed by atoms with van der Waals surface area (Å²) in [6.07, 6.45) is 0. The number of ether oxygens (including phenoxy) is 1. The fourth-order valence-corrected chi connectivity index (χ4v) is 2.11. The smallest absolute Gasteiger partial charge is 0.220 e. The number of nitrogens with two attached hydrogens (primary N) is 1. The third-order valence-corrected chi connectivity index (χ3v) is 2.89. The highest BCUT2D eigenvalue weighted by Gasteiger charge is 2.17. The Balaban J connectivity index is 2.11. The van der Waals surface area contributed by atoms with Gasteiger partial charge in [-0.15, -0.1) is 0 Å². The normalized spacial score (nSPS) is 16.6. The molecule has 1 saturated heterocycles. The molecular weight excluding hydrogens is 223 g/mol. The molecule has 2 N–H and O–H groups in total. The molecule has 1 aromatic carbocycles. The van der Waals surface area contributed by atoms with E-state index >= 15 is 0 Å². The van der Waals surface area contributed by atoms with Gasteiger partial charge >= 0.3 is 0 Å². The molecule has 0 saturated carbocycles. The number of anilines is 1. The summed E-state index contributed by atoms with van der Waals surface area (Å²) >= 11 is 0. The Labute approximate surface area is 97.6 Å². The summed E-state index contributed by atoms with van der Waals surface area (Å²) in [7, 11) is 0. The quantitative estimate of drug-likeness (QED) is 0.793. The molecule has 0 amide bonds. The number of halogens is 1. The summed E-state index contributed by atoms with van der Waals surface area (Å²) in [6.45, 7) is 2.85. The van der Waals surface area contributed by atoms with Crippen molar-refractivity contribution >= 4 is 17.0 Å². The molecule has 0 bridgehead atoms. The van der Waals surface area contributed by atoms with Gasteiger partial charge in [0, 0.05) is 6.07 Å². The SMILES string of the molecule is Nc1nc2cc(F)ccc2n1N1CCOCC1. The Bertz CT molecular complexity index is 548. The van der Waals surface area contributed by atoms with E-state index in [1.165, 1.54) is 12.1 Å². The lowest BCUT2D eigenvalue weighted by Crippen LogP contribution is -2.44. The van der Waals surface area contributed by atoms with Crippen molar-refractivity contribution in [2.24, 2.45) is 0 Å². The maximum Gasteiger partial charge on any atom is 0.220 e. The number of morpholine rings is 1. The Kier molecular flexibility index (Phi) is 2.36. The van der Waals surface area contributed by atoms with Crippen molar-refractivity contribution < 1.29 is 9.13 Å². The number of benzene rings is 1. The summed E-state index contributed by atoms with van der Waals surface area (Å²) in [5, 5.41) is 2.06. The van der Waals surface area contributed by atoms with Gasteiger partial charge in [-0.3, -0.25) is 0 Å². The van der Waals surface area contributed by atoms with Crippen molar-refractivity contribution in [3.8, 4) is 0 Å². The topological polar surface area (TPSA) is 56.3 Å². The first-order chi connectivity index (χ1) is 8.25. The van der Waals surface area contributed by atoms with E-state index in [-0.39, 0.29) is 5.82 Å². The van der Waals surface area contributed by atoms with Gasteiger partial charge in [-0.05, 0) is 12.1 Å². The maximum atomic E-state index is 13.1. The maximum absolute atomic E-state index is 13.1. The highest BCUT2D eigenvalue weighted by atomic mass is 19.1. The molecular formula is C11H13FN4O. The van der Waals surface area contributed by atoms with Crippen LogP contribution in [0.5, 0.6) is 0 Å². The minimum Gasteiger partial charge on any atom is -0.378 e. The van der Waals surface area contributed by atoms with Crippen LogP contribution in [0.4, 0.5) is 10.3 Å². The lowest BCUT2D eigenvalue weighted by Gasteiger charge is -2.30. The van der Waals surface area contributed by atoms with E-state index in [4.69, 9.17) is 10.5 Å². The van der Waals surface area contributed by atoms with Crippen molar-refractivity contribution in [2.45, 2.75) is 0 Å². The highest BCUT2D eigenvalue weighted by molar-refractivity contribution is 5.78. The van der Waals surface area contributed by atoms with Crippen molar-refractivity contribution in [1.29, 1.82) is 0 Å². The van der Waals surface area contributed by atoms with Crippen LogP contribution >= 0.6 is 0 Å². The molecule has 0 aliphatic carbocycles. The van der Waals surface area contributed by atoms with Crippen molar-refractivity contribution in [3.05, 3.63) is 24.0 Å². The molecule has 2 heterocycles. The third kappa shape index (κ3) is 1.70. The zero-order chi connectivity index (χ0) is 11.8. The van der Waals surface area contributed by atoms with E-state index < -0.39 is 0 Å². The van der Waals surface area contributed by atoms with Gasteiger partial charge in [-0.25, -0.2) is 14.1 Å². The second kappa shape index (κ2) is 3.89. The number of hydrogen-bond donors (Lipinski definition) is 1. The van der Waals surface area contributed by atoms with Gasteiger partial charge in [0.15, 0.2) is 0 Å². The van der Waals surface area contributed by atoms with Crippen LogP contribution in [0, 0.1) is 5.82 Å². The van der Waals surface area contributed by atoms with Gasteiger partial charge in [0.25, 0.3) is 0 Å². The van der Waals surface area contributed by atoms with Gasteiger partial charge in [-0.2, -0.15) is 0 Å². The van der Waals surface area contributed by atoms with Gasteiger partial charge < -0.3 is 15.5 Å². The number of nitrogens with zero attached hydrogens (tertiary/aromatic N) is 3. The molecule has 2 aromatic rings. The number of rotatable bonds is 1. The molecule has 1 aromatic heterocycles. The van der Waals surface area contributed by atoms with Crippen LogP contribution < -0.4 is 10.7 Å². The average Bonchev–Trinajstić information content (AvgIpc) is 2.65. The Morgan fingerprint density at radius 2 is 2.06 bits per heavy atom. The highest BCUT2D eigenvalue weighted by Crippen LogP contribution is 2.19. The van der Waals surface area contributed by atoms with Crippen molar-refractivity contribution in [1.82, 2.24) is 9.66 Å². The summed E-state index contributed by atoms with van der Waals surface area (Å²) < 4.78 is 20.2. The average molecular weight is 236 g/mol. The summed E-state index contributed by atoms with van der Waals surface area (Å²) in [6, 6.07) is 4.51. The lowest BCUT2D eigenvalue weighted by molar-refractivity contribution is 0.112. The van der Waals surface area contributed by atoms with E-state index in [9.17, 15) is 4.39 Å². The zero-order valence-corrected chi connectivity index (χ0v) is 9.27. The minimum absolute atomic E-state index is 0.302. The van der Waals surface area contributed by atoms with E-state index in [0.717, 1.165) is 18.6 Å². The first-order valence-corrected chi connectivity index (χ1v) is 5.52. The summed E-state index contributed by atoms with van der Waals surface area (Å²) in [5.41, 5.74) is 7.28. The zero-order valence-electron chi connectivity index (χ0n) is 9.27. The Morgan fingerprint density at radius 1 is 1.29 bits per heavy atom. The van der Waals surface area contributed by atoms with Crippen molar-refractivity contribution in [2.75, 3.05) is 37.0 Å². The van der Waals surface area contributed by atoms with Gasteiger partial charge in [0.1, 0.15) is 5.82 Å². The molecule has 1 aliphatic heterocycles. The molecule has 1 fully saturated rings. The third-order valence-electron chi connectivity index (χ3n) is 2.89. The molecule has 6 heteroatoms. The molecule has 17 heavy (non-hydrogen) atoms. The van der Waals surface area contributed by atoms with Crippen molar-refractivity contribution in [3.63, 3.8) is 0 Å². The number of imidazole rings is 1. The van der Waals surface area contributed by atoms with E-state index in [1.807, 2.05) is 4.68 Å². The van der Waals surface area contributed by atoms with Crippen LogP contribution in [-0.2, 0) is 4.74 Å². The predicted octanol–water partition coefficient (Wildman–Crippen LogP) is 0.726. The molecule has 3 rings (SSSR count). The molecule has 0 atom stereocenters. The van der Waals surface area contributed by atoms with Crippen LogP contribution in [-0.4, -0.2) is 36.0 Å². The van der Waals surface area contributed by atoms with E-state index in [0.29, 0.717) is 24.7 Å². The first-order valence-electron chi connectivity index (χ1n) is 5.52. The second-order valence-corrected chi connectivity index (χ2v) is 3.98. The van der Waals surface area contributed by atoms with Crippen LogP contribution in [0.3, 0.4) is 0 Å².